The zero-order valence-electron chi connectivity index (χ0n) is 16.0. The number of nitrogens with one attached hydrogen (secondary N) is 2. The maximum Gasteiger partial charge on any atom is 0.0880 e. The van der Waals surface area contributed by atoms with Crippen molar-refractivity contribution in [2.75, 3.05) is 23.3 Å². The lowest BCUT2D eigenvalue weighted by molar-refractivity contribution is 0.772. The quantitative estimate of drug-likeness (QED) is 0.525. The molecule has 0 bridgehead atoms. The summed E-state index contributed by atoms with van der Waals surface area (Å²) in [6.45, 7) is 12.4. The van der Waals surface area contributed by atoms with Gasteiger partial charge in [-0.1, -0.05) is 37.8 Å². The summed E-state index contributed by atoms with van der Waals surface area (Å²) >= 11 is 1.83. The summed E-state index contributed by atoms with van der Waals surface area (Å²) in [5.74, 6) is 1.20. The first kappa shape index (κ1) is 19.3. The minimum absolute atomic E-state index is 0.131. The molecule has 0 saturated heterocycles. The molecule has 2 aliphatic rings. The molecule has 1 atom stereocenters. The van der Waals surface area contributed by atoms with Crippen LogP contribution in [0.5, 0.6) is 0 Å². The SMILES string of the molecule is C=Cc1cccc2c1/C(=C\C)SN2CN/S1=C(CC)/C=C(/C)NCCC1. The Kier molecular flexibility index (Phi) is 6.68. The second-order valence-corrected chi connectivity index (χ2v) is 9.46. The van der Waals surface area contributed by atoms with Crippen LogP contribution >= 0.6 is 22.6 Å². The van der Waals surface area contributed by atoms with E-state index in [2.05, 4.69) is 72.0 Å². The fourth-order valence-electron chi connectivity index (χ4n) is 3.31. The summed E-state index contributed by atoms with van der Waals surface area (Å²) in [5.41, 5.74) is 5.10. The molecule has 2 aliphatic heterocycles. The van der Waals surface area contributed by atoms with E-state index in [4.69, 9.17) is 0 Å². The van der Waals surface area contributed by atoms with E-state index in [1.165, 1.54) is 44.5 Å². The average Bonchev–Trinajstić information content (AvgIpc) is 3.02. The van der Waals surface area contributed by atoms with Gasteiger partial charge in [-0.15, -0.1) is 10.7 Å². The van der Waals surface area contributed by atoms with Gasteiger partial charge in [-0.05, 0) is 61.2 Å². The van der Waals surface area contributed by atoms with Crippen LogP contribution in [0.25, 0.3) is 11.0 Å². The molecule has 1 aromatic carbocycles. The van der Waals surface area contributed by atoms with Crippen LogP contribution in [0.2, 0.25) is 0 Å². The lowest BCUT2D eigenvalue weighted by atomic mass is 10.0. The molecular formula is C21H29N3S2. The first-order chi connectivity index (χ1) is 12.7. The second-order valence-electron chi connectivity index (χ2n) is 6.39. The Morgan fingerprint density at radius 1 is 1.42 bits per heavy atom. The Morgan fingerprint density at radius 3 is 3.00 bits per heavy atom. The highest BCUT2D eigenvalue weighted by Gasteiger charge is 2.26. The topological polar surface area (TPSA) is 27.3 Å². The van der Waals surface area contributed by atoms with Crippen LogP contribution in [0.3, 0.4) is 0 Å². The minimum atomic E-state index is 0.131. The van der Waals surface area contributed by atoms with Gasteiger partial charge in [0, 0.05) is 28.5 Å². The number of allylic oxidation sites excluding steroid dienone is 3. The third-order valence-corrected chi connectivity index (χ3v) is 8.03. The summed E-state index contributed by atoms with van der Waals surface area (Å²) in [6, 6.07) is 6.49. The van der Waals surface area contributed by atoms with Gasteiger partial charge in [0.1, 0.15) is 0 Å². The normalized spacial score (nSPS) is 25.1. The molecule has 0 spiro atoms. The van der Waals surface area contributed by atoms with Gasteiger partial charge < -0.3 is 5.32 Å². The maximum atomic E-state index is 3.98. The molecule has 2 heterocycles. The first-order valence-corrected chi connectivity index (χ1v) is 11.4. The molecule has 26 heavy (non-hydrogen) atoms. The summed E-state index contributed by atoms with van der Waals surface area (Å²) < 4.78 is 6.23. The van der Waals surface area contributed by atoms with Crippen molar-refractivity contribution in [3.63, 3.8) is 0 Å². The molecule has 0 aliphatic carbocycles. The third kappa shape index (κ3) is 4.11. The van der Waals surface area contributed by atoms with Crippen molar-refractivity contribution in [1.82, 2.24) is 10.0 Å². The highest BCUT2D eigenvalue weighted by Crippen LogP contribution is 2.48. The molecule has 0 amide bonds. The minimum Gasteiger partial charge on any atom is -0.389 e. The lowest BCUT2D eigenvalue weighted by Crippen LogP contribution is -2.28. The van der Waals surface area contributed by atoms with Gasteiger partial charge in [-0.2, -0.15) is 0 Å². The molecule has 0 aromatic heterocycles. The zero-order chi connectivity index (χ0) is 18.5. The monoisotopic (exact) mass is 387 g/mol. The Labute approximate surface area is 164 Å². The van der Waals surface area contributed by atoms with E-state index < -0.39 is 0 Å². The predicted molar refractivity (Wildman–Crippen MR) is 122 cm³/mol. The Bertz CT molecular complexity index is 777. The van der Waals surface area contributed by atoms with Crippen molar-refractivity contribution in [2.45, 2.75) is 33.6 Å². The average molecular weight is 388 g/mol. The summed E-state index contributed by atoms with van der Waals surface area (Å²) in [7, 11) is 0.131. The molecule has 5 heteroatoms. The van der Waals surface area contributed by atoms with Gasteiger partial charge in [0.2, 0.25) is 0 Å². The molecule has 140 valence electrons. The molecular weight excluding hydrogens is 358 g/mol. The summed E-state index contributed by atoms with van der Waals surface area (Å²) in [6.07, 6.45) is 8.80. The number of nitrogens with zero attached hydrogens (tertiary/aromatic N) is 1. The van der Waals surface area contributed by atoms with Crippen LogP contribution in [-0.2, 0) is 0 Å². The van der Waals surface area contributed by atoms with Crippen molar-refractivity contribution in [3.05, 3.63) is 53.8 Å². The number of benzene rings is 1. The van der Waals surface area contributed by atoms with Crippen molar-refractivity contribution >= 4 is 44.2 Å². The second kappa shape index (κ2) is 8.98. The van der Waals surface area contributed by atoms with Crippen LogP contribution in [-0.4, -0.2) is 23.8 Å². The number of rotatable bonds is 5. The van der Waals surface area contributed by atoms with Gasteiger partial charge in [0.05, 0.1) is 12.4 Å². The van der Waals surface area contributed by atoms with Crippen molar-refractivity contribution < 1.29 is 0 Å². The van der Waals surface area contributed by atoms with Crippen LogP contribution in [0.4, 0.5) is 5.69 Å². The van der Waals surface area contributed by atoms with Crippen molar-refractivity contribution in [2.24, 2.45) is 0 Å². The van der Waals surface area contributed by atoms with Gasteiger partial charge in [0.15, 0.2) is 0 Å². The van der Waals surface area contributed by atoms with Gasteiger partial charge in [-0.25, -0.2) is 4.72 Å². The molecule has 1 aromatic rings. The molecule has 3 nitrogen and oxygen atoms in total. The number of anilines is 1. The van der Waals surface area contributed by atoms with Crippen molar-refractivity contribution in [1.29, 1.82) is 0 Å². The molecule has 2 N–H and O–H groups in total. The van der Waals surface area contributed by atoms with E-state index >= 15 is 0 Å². The standard InChI is InChI=1S/C21H29N3S2/c1-5-17-10-8-11-19-21(17)20(7-3)25-24(19)15-23-26-13-9-12-22-16(4)14-18(26)6-2/h5,7-8,10-11,14,22-23H,1,6,9,12-13,15H2,2-4H3/b16-14-,20-7+. The van der Waals surface area contributed by atoms with E-state index in [0.29, 0.717) is 0 Å². The van der Waals surface area contributed by atoms with Gasteiger partial charge in [-0.3, -0.25) is 4.31 Å². The van der Waals surface area contributed by atoms with E-state index in [1.54, 1.807) is 0 Å². The van der Waals surface area contributed by atoms with Gasteiger partial charge in [0.25, 0.3) is 0 Å². The maximum absolute atomic E-state index is 3.98. The van der Waals surface area contributed by atoms with Crippen molar-refractivity contribution in [3.8, 4) is 0 Å². The van der Waals surface area contributed by atoms with E-state index in [1.807, 2.05) is 18.0 Å². The summed E-state index contributed by atoms with van der Waals surface area (Å²) in [4.78, 5) is 2.84. The predicted octanol–water partition coefficient (Wildman–Crippen LogP) is 5.37. The fourth-order valence-corrected chi connectivity index (χ4v) is 6.40. The molecule has 3 rings (SSSR count). The molecule has 0 saturated carbocycles. The Morgan fingerprint density at radius 2 is 2.27 bits per heavy atom. The fraction of sp³-hybridized carbons (Fsp3) is 0.381. The van der Waals surface area contributed by atoms with Crippen LogP contribution in [0, 0.1) is 0 Å². The zero-order valence-corrected chi connectivity index (χ0v) is 17.6. The van der Waals surface area contributed by atoms with E-state index in [9.17, 15) is 0 Å². The van der Waals surface area contributed by atoms with Crippen LogP contribution in [0.1, 0.15) is 44.7 Å². The van der Waals surface area contributed by atoms with Crippen LogP contribution < -0.4 is 14.3 Å². The Hall–Kier alpha value is -1.43. The highest BCUT2D eigenvalue weighted by atomic mass is 32.2. The first-order valence-electron chi connectivity index (χ1n) is 9.28. The molecule has 1 unspecified atom stereocenters. The highest BCUT2D eigenvalue weighted by molar-refractivity contribution is 8.14. The number of fused-ring (bicyclic) bond motifs is 1. The Balaban J connectivity index is 1.83. The third-order valence-electron chi connectivity index (χ3n) is 4.63. The number of hydrogen-bond donors (Lipinski definition) is 2. The smallest absolute Gasteiger partial charge is 0.0880 e. The van der Waals surface area contributed by atoms with E-state index in [0.717, 1.165) is 19.6 Å². The summed E-state index contributed by atoms with van der Waals surface area (Å²) in [5, 5.41) is 3.49. The van der Waals surface area contributed by atoms with Gasteiger partial charge >= 0.3 is 0 Å². The molecule has 0 radical (unpaired) electrons. The molecule has 0 fully saturated rings. The lowest BCUT2D eigenvalue weighted by Gasteiger charge is -2.23. The van der Waals surface area contributed by atoms with Crippen LogP contribution in [0.15, 0.2) is 42.6 Å². The largest absolute Gasteiger partial charge is 0.389 e. The number of hydrogen-bond acceptors (Lipinski definition) is 4. The van der Waals surface area contributed by atoms with E-state index in [-0.39, 0.29) is 10.7 Å².